The van der Waals surface area contributed by atoms with E-state index in [1.165, 1.54) is 135 Å². The molecule has 0 aliphatic heterocycles. The van der Waals surface area contributed by atoms with Crippen LogP contribution in [0.4, 0.5) is 0 Å². The Morgan fingerprint density at radius 2 is 1.05 bits per heavy atom. The summed E-state index contributed by atoms with van der Waals surface area (Å²) < 4.78 is 7.99. The van der Waals surface area contributed by atoms with E-state index in [4.69, 9.17) is 4.74 Å². The molecule has 0 aromatic carbocycles. The molecule has 0 aromatic rings. The standard InChI is InChI=1S/C34H65NOS/c1-5-7-9-11-13-15-16-17-18-19-20-21-22-24-26-28-30-34(33-36-31-32-37-35(3)4)29-27-25-23-14-12-10-8-6-2/h13,15,17-18,31-32,34H,5-12,14,16,19-30,33H2,1-4H3/b15-13-,18-17-,32-31+. The Balaban J connectivity index is 3.85. The molecule has 0 bridgehead atoms. The fraction of sp³-hybridized carbons (Fsp3) is 0.824. The van der Waals surface area contributed by atoms with Crippen molar-refractivity contribution in [2.24, 2.45) is 5.92 Å². The second kappa shape index (κ2) is 31.5. The average molecular weight is 536 g/mol. The maximum Gasteiger partial charge on any atom is 0.0905 e. The second-order valence-corrected chi connectivity index (χ2v) is 12.2. The van der Waals surface area contributed by atoms with Gasteiger partial charge in [-0.15, -0.1) is 0 Å². The van der Waals surface area contributed by atoms with Crippen LogP contribution in [0.1, 0.15) is 155 Å². The molecule has 0 saturated heterocycles. The normalized spacial score (nSPS) is 13.1. The lowest BCUT2D eigenvalue weighted by Crippen LogP contribution is -2.08. The van der Waals surface area contributed by atoms with Gasteiger partial charge in [-0.3, -0.25) is 4.31 Å². The van der Waals surface area contributed by atoms with Crippen molar-refractivity contribution in [1.82, 2.24) is 4.31 Å². The van der Waals surface area contributed by atoms with Gasteiger partial charge in [0.2, 0.25) is 0 Å². The van der Waals surface area contributed by atoms with Crippen LogP contribution >= 0.6 is 11.9 Å². The molecule has 0 aromatic heterocycles. The van der Waals surface area contributed by atoms with Crippen LogP contribution in [0.25, 0.3) is 0 Å². The van der Waals surface area contributed by atoms with Crippen molar-refractivity contribution in [1.29, 1.82) is 0 Å². The largest absolute Gasteiger partial charge is 0.500 e. The highest BCUT2D eigenvalue weighted by molar-refractivity contribution is 7.99. The van der Waals surface area contributed by atoms with Gasteiger partial charge >= 0.3 is 0 Å². The molecule has 0 saturated carbocycles. The molecule has 0 aliphatic rings. The molecule has 0 spiro atoms. The summed E-state index contributed by atoms with van der Waals surface area (Å²) in [6.07, 6.45) is 41.1. The molecular weight excluding hydrogens is 470 g/mol. The van der Waals surface area contributed by atoms with Gasteiger partial charge in [0, 0.05) is 5.41 Å². The summed E-state index contributed by atoms with van der Waals surface area (Å²) in [6, 6.07) is 0. The smallest absolute Gasteiger partial charge is 0.0905 e. The number of hydrogen-bond acceptors (Lipinski definition) is 3. The molecule has 0 heterocycles. The number of hydrogen-bond donors (Lipinski definition) is 0. The van der Waals surface area contributed by atoms with Gasteiger partial charge in [0.05, 0.1) is 12.9 Å². The van der Waals surface area contributed by atoms with Crippen LogP contribution in [-0.4, -0.2) is 25.0 Å². The van der Waals surface area contributed by atoms with Gasteiger partial charge in [0.25, 0.3) is 0 Å². The predicted octanol–water partition coefficient (Wildman–Crippen LogP) is 12.0. The summed E-state index contributed by atoms with van der Waals surface area (Å²) in [5.74, 6) is 0.722. The molecule has 3 heteroatoms. The lowest BCUT2D eigenvalue weighted by atomic mass is 9.94. The van der Waals surface area contributed by atoms with Gasteiger partial charge in [-0.05, 0) is 76.9 Å². The van der Waals surface area contributed by atoms with Gasteiger partial charge in [-0.25, -0.2) is 0 Å². The van der Waals surface area contributed by atoms with Gasteiger partial charge in [-0.2, -0.15) is 0 Å². The van der Waals surface area contributed by atoms with Crippen LogP contribution in [0.5, 0.6) is 0 Å². The Labute approximate surface area is 238 Å². The summed E-state index contributed by atoms with van der Waals surface area (Å²) >= 11 is 1.68. The number of nitrogens with zero attached hydrogens (tertiary/aromatic N) is 1. The topological polar surface area (TPSA) is 12.5 Å². The zero-order valence-electron chi connectivity index (χ0n) is 25.6. The highest BCUT2D eigenvalue weighted by atomic mass is 32.2. The first kappa shape index (κ1) is 36.3. The van der Waals surface area contributed by atoms with E-state index in [1.54, 1.807) is 11.9 Å². The Kier molecular flexibility index (Phi) is 31.0. The molecule has 0 fully saturated rings. The first-order chi connectivity index (χ1) is 18.2. The van der Waals surface area contributed by atoms with Gasteiger partial charge in [-0.1, -0.05) is 134 Å². The third kappa shape index (κ3) is 31.4. The third-order valence-electron chi connectivity index (χ3n) is 7.03. The van der Waals surface area contributed by atoms with Crippen molar-refractivity contribution in [3.63, 3.8) is 0 Å². The van der Waals surface area contributed by atoms with Crippen LogP contribution in [0.2, 0.25) is 0 Å². The fourth-order valence-corrected chi connectivity index (χ4v) is 5.05. The summed E-state index contributed by atoms with van der Waals surface area (Å²) in [7, 11) is 4.12. The maximum absolute atomic E-state index is 5.91. The number of ether oxygens (including phenoxy) is 1. The van der Waals surface area contributed by atoms with Gasteiger partial charge in [0.15, 0.2) is 0 Å². The second-order valence-electron chi connectivity index (χ2n) is 11.0. The van der Waals surface area contributed by atoms with E-state index in [0.29, 0.717) is 0 Å². The van der Waals surface area contributed by atoms with Crippen LogP contribution < -0.4 is 0 Å². The van der Waals surface area contributed by atoms with E-state index in [-0.39, 0.29) is 0 Å². The fourth-order valence-electron chi connectivity index (χ4n) is 4.68. The summed E-state index contributed by atoms with van der Waals surface area (Å²) in [5, 5.41) is 2.05. The Bertz CT molecular complexity index is 514. The van der Waals surface area contributed by atoms with E-state index in [9.17, 15) is 0 Å². The quantitative estimate of drug-likeness (QED) is 0.0409. The van der Waals surface area contributed by atoms with Crippen molar-refractivity contribution in [3.05, 3.63) is 36.0 Å². The highest BCUT2D eigenvalue weighted by Crippen LogP contribution is 2.20. The Hall–Kier alpha value is -0.670. The summed E-state index contributed by atoms with van der Waals surface area (Å²) in [5.41, 5.74) is 0. The molecule has 1 atom stereocenters. The SMILES string of the molecule is CCCCC/C=C\C/C=C\CCCCCCCCC(CCCCCCCCCC)CO/C=C/SN(C)C. The Morgan fingerprint density at radius 3 is 1.59 bits per heavy atom. The van der Waals surface area contributed by atoms with Crippen LogP contribution in [0.3, 0.4) is 0 Å². The minimum absolute atomic E-state index is 0.722. The minimum Gasteiger partial charge on any atom is -0.500 e. The molecule has 218 valence electrons. The van der Waals surface area contributed by atoms with E-state index in [1.807, 2.05) is 11.7 Å². The molecule has 0 radical (unpaired) electrons. The van der Waals surface area contributed by atoms with Crippen molar-refractivity contribution < 1.29 is 4.74 Å². The van der Waals surface area contributed by atoms with Crippen LogP contribution in [-0.2, 0) is 4.74 Å². The van der Waals surface area contributed by atoms with Gasteiger partial charge in [0.1, 0.15) is 0 Å². The minimum atomic E-state index is 0.722. The highest BCUT2D eigenvalue weighted by Gasteiger charge is 2.09. The summed E-state index contributed by atoms with van der Waals surface area (Å²) in [6.45, 7) is 5.46. The first-order valence-electron chi connectivity index (χ1n) is 16.1. The van der Waals surface area contributed by atoms with Crippen molar-refractivity contribution in [2.45, 2.75) is 155 Å². The number of rotatable bonds is 29. The van der Waals surface area contributed by atoms with Crippen molar-refractivity contribution in [3.8, 4) is 0 Å². The van der Waals surface area contributed by atoms with E-state index in [2.05, 4.69) is 56.6 Å². The molecule has 0 rings (SSSR count). The van der Waals surface area contributed by atoms with Crippen LogP contribution in [0.15, 0.2) is 36.0 Å². The number of unbranched alkanes of at least 4 members (excludes halogenated alkanes) is 16. The van der Waals surface area contributed by atoms with E-state index >= 15 is 0 Å². The zero-order chi connectivity index (χ0) is 27.1. The first-order valence-corrected chi connectivity index (χ1v) is 16.9. The van der Waals surface area contributed by atoms with Crippen LogP contribution in [0, 0.1) is 5.92 Å². The van der Waals surface area contributed by atoms with Crippen molar-refractivity contribution >= 4 is 11.9 Å². The molecule has 0 aliphatic carbocycles. The molecular formula is C34H65NOS. The lowest BCUT2D eigenvalue weighted by molar-refractivity contribution is 0.177. The monoisotopic (exact) mass is 535 g/mol. The third-order valence-corrected chi connectivity index (χ3v) is 7.69. The molecule has 0 N–H and O–H groups in total. The maximum atomic E-state index is 5.91. The van der Waals surface area contributed by atoms with E-state index < -0.39 is 0 Å². The average Bonchev–Trinajstić information content (AvgIpc) is 2.89. The van der Waals surface area contributed by atoms with E-state index in [0.717, 1.165) is 18.9 Å². The van der Waals surface area contributed by atoms with Crippen molar-refractivity contribution in [2.75, 3.05) is 20.7 Å². The summed E-state index contributed by atoms with van der Waals surface area (Å²) in [4.78, 5) is 0. The predicted molar refractivity (Wildman–Crippen MR) is 171 cm³/mol. The molecule has 2 nitrogen and oxygen atoms in total. The molecule has 0 amide bonds. The van der Waals surface area contributed by atoms with Gasteiger partial charge < -0.3 is 4.74 Å². The zero-order valence-corrected chi connectivity index (χ0v) is 26.4. The lowest BCUT2D eigenvalue weighted by Gasteiger charge is -2.16. The number of allylic oxidation sites excluding steroid dienone is 4. The molecule has 37 heavy (non-hydrogen) atoms. The Morgan fingerprint density at radius 1 is 0.595 bits per heavy atom. The molecule has 1 unspecified atom stereocenters.